The molecule has 0 aromatic carbocycles. The Morgan fingerprint density at radius 3 is 1.95 bits per heavy atom. The molecule has 0 rings (SSSR count). The molecule has 0 saturated heterocycles. The highest BCUT2D eigenvalue weighted by molar-refractivity contribution is 5.76. The lowest BCUT2D eigenvalue weighted by Gasteiger charge is -2.21. The summed E-state index contributed by atoms with van der Waals surface area (Å²) in [6.07, 6.45) is 0.936. The Labute approximate surface area is 129 Å². The maximum Gasteiger partial charge on any atom is 0.306 e. The van der Waals surface area contributed by atoms with Gasteiger partial charge in [0.25, 0.3) is 0 Å². The maximum atomic E-state index is 11.2. The van der Waals surface area contributed by atoms with Gasteiger partial charge in [0, 0.05) is 5.92 Å². The molecular weight excluding hydrogens is 294 g/mol. The molecule has 0 spiro atoms. The fourth-order valence-corrected chi connectivity index (χ4v) is 2.25. The fraction of sp³-hybridized carbons (Fsp3) is 0.786. The number of carbonyl (C=O) groups excluding carboxylic acids is 1. The second-order valence-electron chi connectivity index (χ2n) is 5.71. The molecule has 0 bridgehead atoms. The summed E-state index contributed by atoms with van der Waals surface area (Å²) in [5, 5.41) is 26.8. The van der Waals surface area contributed by atoms with Crippen molar-refractivity contribution < 1.29 is 34.7 Å². The molecule has 5 N–H and O–H groups in total. The van der Waals surface area contributed by atoms with Crippen LogP contribution in [-0.2, 0) is 19.3 Å². The molecule has 4 atom stereocenters. The van der Waals surface area contributed by atoms with E-state index in [1.165, 1.54) is 0 Å². The summed E-state index contributed by atoms with van der Waals surface area (Å²) in [4.78, 5) is 37.4. The molecule has 0 aromatic heterocycles. The van der Waals surface area contributed by atoms with E-state index in [0.717, 1.165) is 0 Å². The molecule has 0 saturated carbocycles. The molecule has 8 nitrogen and oxygen atoms in total. The highest BCUT2D eigenvalue weighted by Crippen LogP contribution is 2.24. The minimum Gasteiger partial charge on any atom is -0.481 e. The Balaban J connectivity index is 4.57. The highest BCUT2D eigenvalue weighted by Gasteiger charge is 2.28. The first kappa shape index (κ1) is 20.3. The number of carboxylic acids is 2. The van der Waals surface area contributed by atoms with E-state index in [-0.39, 0.29) is 25.9 Å². The van der Waals surface area contributed by atoms with Crippen LogP contribution in [0, 0.1) is 23.7 Å². The maximum absolute atomic E-state index is 11.2. The lowest BCUT2D eigenvalue weighted by atomic mass is 9.85. The monoisotopic (exact) mass is 319 g/mol. The van der Waals surface area contributed by atoms with Crippen LogP contribution in [0.3, 0.4) is 0 Å². The predicted molar refractivity (Wildman–Crippen MR) is 76.8 cm³/mol. The van der Waals surface area contributed by atoms with Crippen LogP contribution in [0.5, 0.6) is 0 Å². The van der Waals surface area contributed by atoms with E-state index in [1.54, 1.807) is 13.8 Å². The molecular formula is C14H25NO7. The fourth-order valence-electron chi connectivity index (χ4n) is 2.25. The quantitative estimate of drug-likeness (QED) is 0.312. The first-order chi connectivity index (χ1) is 10.2. The van der Waals surface area contributed by atoms with Gasteiger partial charge >= 0.3 is 11.9 Å². The predicted octanol–water partition coefficient (Wildman–Crippen LogP) is 1.20. The molecule has 22 heavy (non-hydrogen) atoms. The topological polar surface area (TPSA) is 147 Å². The molecule has 8 heteroatoms. The van der Waals surface area contributed by atoms with Crippen LogP contribution in [0.2, 0.25) is 0 Å². The number of nitrogens with two attached hydrogens (primary N) is 1. The van der Waals surface area contributed by atoms with Crippen molar-refractivity contribution in [3.8, 4) is 0 Å². The molecule has 0 aromatic rings. The number of carbonyl (C=O) groups is 3. The van der Waals surface area contributed by atoms with Crippen molar-refractivity contribution in [2.24, 2.45) is 29.4 Å². The summed E-state index contributed by atoms with van der Waals surface area (Å²) >= 11 is 0. The van der Waals surface area contributed by atoms with E-state index in [4.69, 9.17) is 16.1 Å². The first-order valence-electron chi connectivity index (χ1n) is 7.21. The Hall–Kier alpha value is -1.67. The second-order valence-corrected chi connectivity index (χ2v) is 5.71. The van der Waals surface area contributed by atoms with Crippen LogP contribution >= 0.6 is 0 Å². The van der Waals surface area contributed by atoms with E-state index in [0.29, 0.717) is 6.42 Å². The van der Waals surface area contributed by atoms with Gasteiger partial charge in [-0.15, -0.1) is 0 Å². The average Bonchev–Trinajstić information content (AvgIpc) is 2.41. The van der Waals surface area contributed by atoms with Gasteiger partial charge in [-0.3, -0.25) is 19.6 Å². The number of rotatable bonds is 12. The van der Waals surface area contributed by atoms with E-state index < -0.39 is 41.5 Å². The summed E-state index contributed by atoms with van der Waals surface area (Å²) in [6.45, 7) is 3.11. The standard InChI is InChI=1S/C14H25NO7/c1-8(12(15)16)3-4-10(13(17)18)5-6-11(14(19)20)9(2)7-22-21/h8-11,21H,3-7H2,1-2H3,(H2,15,16)(H,17,18)(H,19,20). The Morgan fingerprint density at radius 1 is 1.00 bits per heavy atom. The van der Waals surface area contributed by atoms with Gasteiger partial charge in [-0.1, -0.05) is 13.8 Å². The van der Waals surface area contributed by atoms with E-state index in [9.17, 15) is 19.5 Å². The summed E-state index contributed by atoms with van der Waals surface area (Å²) in [6, 6.07) is 0. The van der Waals surface area contributed by atoms with Crippen LogP contribution in [0.15, 0.2) is 0 Å². The molecule has 4 unspecified atom stereocenters. The molecule has 128 valence electrons. The summed E-state index contributed by atoms with van der Waals surface area (Å²) in [7, 11) is 0. The summed E-state index contributed by atoms with van der Waals surface area (Å²) in [5.74, 6) is -4.96. The summed E-state index contributed by atoms with van der Waals surface area (Å²) < 4.78 is 0. The Kier molecular flexibility index (Phi) is 9.35. The van der Waals surface area contributed by atoms with Crippen molar-refractivity contribution in [1.82, 2.24) is 0 Å². The SMILES string of the molecule is CC(CCC(CCC(C(=O)O)C(C)COO)C(=O)O)C(N)=O. The van der Waals surface area contributed by atoms with Gasteiger partial charge in [-0.05, 0) is 31.6 Å². The zero-order chi connectivity index (χ0) is 17.3. The van der Waals surface area contributed by atoms with Gasteiger partial charge in [0.2, 0.25) is 5.91 Å². The third kappa shape index (κ3) is 7.37. The lowest BCUT2D eigenvalue weighted by molar-refractivity contribution is -0.253. The normalized spacial score (nSPS) is 16.5. The zero-order valence-corrected chi connectivity index (χ0v) is 12.9. The number of hydrogen-bond donors (Lipinski definition) is 4. The first-order valence-corrected chi connectivity index (χ1v) is 7.21. The number of aliphatic carboxylic acids is 2. The Bertz CT molecular complexity index is 385. The van der Waals surface area contributed by atoms with Crippen molar-refractivity contribution in [3.63, 3.8) is 0 Å². The van der Waals surface area contributed by atoms with Crippen molar-refractivity contribution in [1.29, 1.82) is 0 Å². The summed E-state index contributed by atoms with van der Waals surface area (Å²) in [5.41, 5.74) is 5.13. The number of carboxylic acid groups (broad SMARTS) is 2. The van der Waals surface area contributed by atoms with Crippen molar-refractivity contribution >= 4 is 17.8 Å². The van der Waals surface area contributed by atoms with Crippen LogP contribution in [0.4, 0.5) is 0 Å². The number of amides is 1. The van der Waals surface area contributed by atoms with Gasteiger partial charge in [0.05, 0.1) is 18.4 Å². The van der Waals surface area contributed by atoms with Gasteiger partial charge in [0.15, 0.2) is 0 Å². The minimum absolute atomic E-state index is 0.132. The zero-order valence-electron chi connectivity index (χ0n) is 12.9. The molecule has 0 heterocycles. The van der Waals surface area contributed by atoms with E-state index >= 15 is 0 Å². The lowest BCUT2D eigenvalue weighted by Crippen LogP contribution is -2.27. The molecule has 0 aliphatic carbocycles. The minimum atomic E-state index is -1.06. The molecule has 0 radical (unpaired) electrons. The highest BCUT2D eigenvalue weighted by atomic mass is 17.1. The number of hydrogen-bond acceptors (Lipinski definition) is 5. The van der Waals surface area contributed by atoms with Crippen molar-refractivity contribution in [2.45, 2.75) is 39.5 Å². The van der Waals surface area contributed by atoms with Gasteiger partial charge in [0.1, 0.15) is 0 Å². The average molecular weight is 319 g/mol. The van der Waals surface area contributed by atoms with Crippen molar-refractivity contribution in [2.75, 3.05) is 6.61 Å². The molecule has 1 amide bonds. The van der Waals surface area contributed by atoms with Crippen molar-refractivity contribution in [3.05, 3.63) is 0 Å². The Morgan fingerprint density at radius 2 is 1.55 bits per heavy atom. The molecule has 0 aliphatic rings. The third-order valence-corrected chi connectivity index (χ3v) is 3.95. The van der Waals surface area contributed by atoms with E-state index in [1.807, 2.05) is 0 Å². The van der Waals surface area contributed by atoms with Crippen LogP contribution in [-0.4, -0.2) is 39.9 Å². The van der Waals surface area contributed by atoms with Crippen LogP contribution in [0.25, 0.3) is 0 Å². The molecule has 0 aliphatic heterocycles. The third-order valence-electron chi connectivity index (χ3n) is 3.95. The largest absolute Gasteiger partial charge is 0.481 e. The number of primary amides is 1. The van der Waals surface area contributed by atoms with Crippen LogP contribution < -0.4 is 5.73 Å². The van der Waals surface area contributed by atoms with Gasteiger partial charge in [-0.2, -0.15) is 0 Å². The van der Waals surface area contributed by atoms with Gasteiger partial charge < -0.3 is 15.9 Å². The molecule has 0 fully saturated rings. The smallest absolute Gasteiger partial charge is 0.306 e. The van der Waals surface area contributed by atoms with Crippen LogP contribution in [0.1, 0.15) is 39.5 Å². The van der Waals surface area contributed by atoms with E-state index in [2.05, 4.69) is 4.89 Å². The van der Waals surface area contributed by atoms with Gasteiger partial charge in [-0.25, -0.2) is 4.89 Å². The second kappa shape index (κ2) is 10.1.